The molecule has 1 aromatic heterocycles. The van der Waals surface area contributed by atoms with Crippen LogP contribution in [0.3, 0.4) is 0 Å². The summed E-state index contributed by atoms with van der Waals surface area (Å²) in [7, 11) is 0. The van der Waals surface area contributed by atoms with Gasteiger partial charge in [0.1, 0.15) is 5.75 Å². The number of carbonyl (C=O) groups excluding carboxylic acids is 1. The Labute approximate surface area is 108 Å². The van der Waals surface area contributed by atoms with Crippen molar-refractivity contribution in [3.05, 3.63) is 51.7 Å². The number of phenolic OH excluding ortho intramolecular Hbond substituents is 1. The maximum absolute atomic E-state index is 11.9. The van der Waals surface area contributed by atoms with E-state index in [2.05, 4.69) is 10.3 Å². The van der Waals surface area contributed by atoms with Crippen molar-refractivity contribution >= 4 is 17.4 Å². The van der Waals surface area contributed by atoms with Crippen LogP contribution in [-0.4, -0.2) is 20.9 Å². The fraction of sp³-hybridized carbons (Fsp3) is 0.0833. The normalized spacial score (nSPS) is 10.2. The molecule has 98 valence electrons. The molecule has 0 aliphatic carbocycles. The van der Waals surface area contributed by atoms with Gasteiger partial charge in [0.2, 0.25) is 0 Å². The van der Waals surface area contributed by atoms with Crippen LogP contribution < -0.4 is 5.32 Å². The molecule has 0 atom stereocenters. The number of H-pyrrole nitrogens is 1. The number of anilines is 1. The summed E-state index contributed by atoms with van der Waals surface area (Å²) in [6, 6.07) is 7.26. The van der Waals surface area contributed by atoms with Crippen LogP contribution in [0.15, 0.2) is 30.3 Å². The summed E-state index contributed by atoms with van der Waals surface area (Å²) < 4.78 is 0. The van der Waals surface area contributed by atoms with Crippen molar-refractivity contribution < 1.29 is 14.8 Å². The van der Waals surface area contributed by atoms with Gasteiger partial charge >= 0.3 is 5.82 Å². The lowest BCUT2D eigenvalue weighted by Gasteiger charge is -2.07. The van der Waals surface area contributed by atoms with Crippen LogP contribution in [-0.2, 0) is 0 Å². The Balaban J connectivity index is 2.21. The van der Waals surface area contributed by atoms with Crippen molar-refractivity contribution in [2.75, 3.05) is 5.32 Å². The number of nitro groups is 1. The van der Waals surface area contributed by atoms with Crippen molar-refractivity contribution in [3.8, 4) is 5.75 Å². The van der Waals surface area contributed by atoms with E-state index in [9.17, 15) is 20.0 Å². The molecule has 3 N–H and O–H groups in total. The van der Waals surface area contributed by atoms with E-state index in [0.29, 0.717) is 11.3 Å². The van der Waals surface area contributed by atoms with Crippen molar-refractivity contribution in [1.82, 2.24) is 4.98 Å². The minimum Gasteiger partial charge on any atom is -0.508 e. The average molecular weight is 261 g/mol. The van der Waals surface area contributed by atoms with Gasteiger partial charge in [-0.25, -0.2) is 4.98 Å². The summed E-state index contributed by atoms with van der Waals surface area (Å²) in [6.45, 7) is 1.65. The fourth-order valence-corrected chi connectivity index (χ4v) is 1.57. The molecule has 0 radical (unpaired) electrons. The lowest BCUT2D eigenvalue weighted by molar-refractivity contribution is -0.389. The number of amides is 1. The van der Waals surface area contributed by atoms with E-state index in [1.54, 1.807) is 19.1 Å². The molecule has 7 nitrogen and oxygen atoms in total. The van der Waals surface area contributed by atoms with Crippen LogP contribution in [0.4, 0.5) is 11.5 Å². The van der Waals surface area contributed by atoms with Crippen LogP contribution in [0.25, 0.3) is 0 Å². The van der Waals surface area contributed by atoms with Gasteiger partial charge in [-0.3, -0.25) is 4.79 Å². The third-order valence-electron chi connectivity index (χ3n) is 2.67. The number of benzene rings is 1. The highest BCUT2D eigenvalue weighted by molar-refractivity contribution is 6.03. The van der Waals surface area contributed by atoms with Crippen molar-refractivity contribution in [1.29, 1.82) is 0 Å². The summed E-state index contributed by atoms with van der Waals surface area (Å²) in [4.78, 5) is 24.1. The Bertz CT molecular complexity index is 648. The van der Waals surface area contributed by atoms with Crippen molar-refractivity contribution in [2.45, 2.75) is 6.92 Å². The zero-order valence-corrected chi connectivity index (χ0v) is 10.0. The van der Waals surface area contributed by atoms with Gasteiger partial charge < -0.3 is 20.5 Å². The highest BCUT2D eigenvalue weighted by Gasteiger charge is 2.16. The van der Waals surface area contributed by atoms with Gasteiger partial charge in [-0.15, -0.1) is 0 Å². The number of aromatic nitrogens is 1. The number of rotatable bonds is 3. The van der Waals surface area contributed by atoms with Crippen LogP contribution >= 0.6 is 0 Å². The first kappa shape index (κ1) is 12.6. The summed E-state index contributed by atoms with van der Waals surface area (Å²) >= 11 is 0. The molecule has 0 aliphatic heterocycles. The SMILES string of the molecule is Cc1c(O)cccc1NC(=O)c1ccc([N+](=O)[O-])[nH]1. The molecule has 0 fully saturated rings. The van der Waals surface area contributed by atoms with Gasteiger partial charge in [0.15, 0.2) is 5.69 Å². The molecule has 0 aliphatic rings. The average Bonchev–Trinajstić information content (AvgIpc) is 2.84. The van der Waals surface area contributed by atoms with Gasteiger partial charge in [0.25, 0.3) is 5.91 Å². The third kappa shape index (κ3) is 2.54. The topological polar surface area (TPSA) is 108 Å². The van der Waals surface area contributed by atoms with Gasteiger partial charge in [0, 0.05) is 17.3 Å². The van der Waals surface area contributed by atoms with E-state index in [0.717, 1.165) is 0 Å². The molecule has 2 aromatic rings. The fourth-order valence-electron chi connectivity index (χ4n) is 1.57. The molecule has 1 heterocycles. The minimum absolute atomic E-state index is 0.0651. The lowest BCUT2D eigenvalue weighted by atomic mass is 10.2. The first-order valence-corrected chi connectivity index (χ1v) is 5.42. The van der Waals surface area contributed by atoms with Gasteiger partial charge in [0.05, 0.1) is 0 Å². The Hall–Kier alpha value is -2.83. The number of nitrogens with one attached hydrogen (secondary N) is 2. The number of aromatic hydroxyl groups is 1. The van der Waals surface area contributed by atoms with Crippen LogP contribution in [0.2, 0.25) is 0 Å². The van der Waals surface area contributed by atoms with E-state index in [-0.39, 0.29) is 17.3 Å². The van der Waals surface area contributed by atoms with Crippen LogP contribution in [0.1, 0.15) is 16.1 Å². The zero-order valence-electron chi connectivity index (χ0n) is 10.0. The number of hydrogen-bond acceptors (Lipinski definition) is 4. The number of hydrogen-bond donors (Lipinski definition) is 3. The first-order valence-electron chi connectivity index (χ1n) is 5.42. The minimum atomic E-state index is -0.615. The van der Waals surface area contributed by atoms with E-state index >= 15 is 0 Å². The second-order valence-corrected chi connectivity index (χ2v) is 3.92. The Morgan fingerprint density at radius 2 is 2.11 bits per heavy atom. The Kier molecular flexibility index (Phi) is 3.19. The summed E-state index contributed by atoms with van der Waals surface area (Å²) in [5.74, 6) is -0.699. The molecule has 1 amide bonds. The van der Waals surface area contributed by atoms with E-state index in [4.69, 9.17) is 0 Å². The molecule has 1 aromatic carbocycles. The number of phenols is 1. The maximum Gasteiger partial charge on any atom is 0.321 e. The molecule has 19 heavy (non-hydrogen) atoms. The summed E-state index contributed by atoms with van der Waals surface area (Å²) in [5.41, 5.74) is 1.05. The molecule has 0 saturated carbocycles. The first-order chi connectivity index (χ1) is 8.99. The Morgan fingerprint density at radius 3 is 2.74 bits per heavy atom. The molecule has 0 spiro atoms. The number of carbonyl (C=O) groups is 1. The van der Waals surface area contributed by atoms with Gasteiger partial charge in [-0.2, -0.15) is 0 Å². The second-order valence-electron chi connectivity index (χ2n) is 3.92. The second kappa shape index (κ2) is 4.81. The van der Waals surface area contributed by atoms with Crippen molar-refractivity contribution in [2.24, 2.45) is 0 Å². The monoisotopic (exact) mass is 261 g/mol. The van der Waals surface area contributed by atoms with Gasteiger partial charge in [-0.1, -0.05) is 6.07 Å². The predicted molar refractivity (Wildman–Crippen MR) is 68.2 cm³/mol. The summed E-state index contributed by atoms with van der Waals surface area (Å²) in [6.07, 6.45) is 0. The molecular formula is C12H11N3O4. The quantitative estimate of drug-likeness (QED) is 0.581. The molecule has 0 bridgehead atoms. The van der Waals surface area contributed by atoms with Gasteiger partial charge in [-0.05, 0) is 30.0 Å². The highest BCUT2D eigenvalue weighted by Crippen LogP contribution is 2.24. The zero-order chi connectivity index (χ0) is 14.0. The largest absolute Gasteiger partial charge is 0.508 e. The van der Waals surface area contributed by atoms with E-state index in [1.165, 1.54) is 18.2 Å². The Morgan fingerprint density at radius 1 is 1.37 bits per heavy atom. The van der Waals surface area contributed by atoms with E-state index in [1.807, 2.05) is 0 Å². The molecule has 0 saturated heterocycles. The van der Waals surface area contributed by atoms with Crippen molar-refractivity contribution in [3.63, 3.8) is 0 Å². The number of nitrogens with zero attached hydrogens (tertiary/aromatic N) is 1. The predicted octanol–water partition coefficient (Wildman–Crippen LogP) is 2.19. The number of aromatic amines is 1. The van der Waals surface area contributed by atoms with Crippen LogP contribution in [0, 0.1) is 17.0 Å². The standard InChI is InChI=1S/C12H11N3O4/c1-7-8(3-2-4-10(7)16)14-12(17)9-5-6-11(13-9)15(18)19/h2-6,13,16H,1H3,(H,14,17). The van der Waals surface area contributed by atoms with Crippen LogP contribution in [0.5, 0.6) is 5.75 Å². The smallest absolute Gasteiger partial charge is 0.321 e. The van der Waals surface area contributed by atoms with E-state index < -0.39 is 10.8 Å². The molecular weight excluding hydrogens is 250 g/mol. The summed E-state index contributed by atoms with van der Waals surface area (Å²) in [5, 5.41) is 22.6. The molecule has 0 unspecified atom stereocenters. The molecule has 2 rings (SSSR count). The highest BCUT2D eigenvalue weighted by atomic mass is 16.6. The maximum atomic E-state index is 11.9. The third-order valence-corrected chi connectivity index (χ3v) is 2.67. The molecule has 7 heteroatoms. The lowest BCUT2D eigenvalue weighted by Crippen LogP contribution is -2.13.